The van der Waals surface area contributed by atoms with Crippen molar-refractivity contribution in [2.45, 2.75) is 18.7 Å². The summed E-state index contributed by atoms with van der Waals surface area (Å²) in [5.74, 6) is -0.287. The Kier molecular flexibility index (Phi) is 4.97. The summed E-state index contributed by atoms with van der Waals surface area (Å²) in [5, 5.41) is 2.74. The van der Waals surface area contributed by atoms with Gasteiger partial charge < -0.3 is 4.74 Å². The third-order valence-electron chi connectivity index (χ3n) is 3.79. The number of sulfonamides is 1. The van der Waals surface area contributed by atoms with Gasteiger partial charge in [-0.05, 0) is 49.7 Å². The van der Waals surface area contributed by atoms with Gasteiger partial charge in [0.25, 0.3) is 10.0 Å². The number of aryl methyl sites for hydroxylation is 2. The van der Waals surface area contributed by atoms with Gasteiger partial charge in [-0.2, -0.15) is 0 Å². The molecule has 136 valence electrons. The van der Waals surface area contributed by atoms with Gasteiger partial charge in [0.05, 0.1) is 23.5 Å². The second kappa shape index (κ2) is 7.05. The number of anilines is 1. The first-order valence-electron chi connectivity index (χ1n) is 7.69. The van der Waals surface area contributed by atoms with Gasteiger partial charge in [-0.3, -0.25) is 4.72 Å². The van der Waals surface area contributed by atoms with Crippen LogP contribution in [0.15, 0.2) is 46.7 Å². The number of methoxy groups -OCH3 is 1. The van der Waals surface area contributed by atoms with E-state index in [1.54, 1.807) is 19.1 Å². The van der Waals surface area contributed by atoms with Crippen LogP contribution in [0.2, 0.25) is 0 Å². The van der Waals surface area contributed by atoms with E-state index in [2.05, 4.69) is 9.71 Å². The Morgan fingerprint density at radius 2 is 1.92 bits per heavy atom. The third-order valence-corrected chi connectivity index (χ3v) is 5.97. The number of rotatable bonds is 5. The maximum Gasteiger partial charge on any atom is 0.265 e. The number of halogens is 1. The number of aromatic nitrogens is 1. The quantitative estimate of drug-likeness (QED) is 0.700. The van der Waals surface area contributed by atoms with E-state index in [1.807, 2.05) is 12.3 Å². The van der Waals surface area contributed by atoms with Crippen molar-refractivity contribution < 1.29 is 17.5 Å². The maximum absolute atomic E-state index is 13.7. The molecule has 0 bridgehead atoms. The lowest BCUT2D eigenvalue weighted by Gasteiger charge is -2.13. The lowest BCUT2D eigenvalue weighted by Crippen LogP contribution is -2.14. The normalized spacial score (nSPS) is 11.4. The predicted molar refractivity (Wildman–Crippen MR) is 101 cm³/mol. The van der Waals surface area contributed by atoms with Crippen LogP contribution in [0.4, 0.5) is 10.1 Å². The molecule has 1 aromatic heterocycles. The summed E-state index contributed by atoms with van der Waals surface area (Å²) in [6.45, 7) is 3.48. The fourth-order valence-corrected chi connectivity index (χ4v) is 4.28. The number of nitrogens with zero attached hydrogens (tertiary/aromatic N) is 1. The molecule has 0 aliphatic heterocycles. The van der Waals surface area contributed by atoms with Crippen molar-refractivity contribution in [3.63, 3.8) is 0 Å². The molecule has 0 aliphatic rings. The highest BCUT2D eigenvalue weighted by Gasteiger charge is 2.21. The predicted octanol–water partition coefficient (Wildman–Crippen LogP) is 4.38. The summed E-state index contributed by atoms with van der Waals surface area (Å²) < 4.78 is 47.0. The first-order chi connectivity index (χ1) is 12.3. The number of ether oxygens (including phenoxy) is 1. The van der Waals surface area contributed by atoms with Crippen LogP contribution in [0, 0.1) is 19.7 Å². The number of nitrogens with one attached hydrogen (secondary N) is 1. The molecule has 8 heteroatoms. The first kappa shape index (κ1) is 18.3. The molecule has 5 nitrogen and oxygen atoms in total. The van der Waals surface area contributed by atoms with E-state index in [1.165, 1.54) is 36.6 Å². The van der Waals surface area contributed by atoms with E-state index in [9.17, 15) is 12.8 Å². The molecular formula is C18H17FN2O3S2. The summed E-state index contributed by atoms with van der Waals surface area (Å²) in [4.78, 5) is 4.34. The van der Waals surface area contributed by atoms with E-state index >= 15 is 0 Å². The van der Waals surface area contributed by atoms with Crippen LogP contribution in [0.3, 0.4) is 0 Å². The second-order valence-electron chi connectivity index (χ2n) is 5.69. The van der Waals surface area contributed by atoms with Gasteiger partial charge in [0, 0.05) is 10.9 Å². The number of hydrogen-bond acceptors (Lipinski definition) is 5. The van der Waals surface area contributed by atoms with E-state index in [0.29, 0.717) is 16.8 Å². The largest absolute Gasteiger partial charge is 0.495 e. The zero-order chi connectivity index (χ0) is 18.9. The second-order valence-corrected chi connectivity index (χ2v) is 8.40. The Bertz CT molecular complexity index is 1060. The fraction of sp³-hybridized carbons (Fsp3) is 0.167. The average Bonchev–Trinajstić information content (AvgIpc) is 3.04. The molecule has 0 radical (unpaired) electrons. The molecule has 0 atom stereocenters. The summed E-state index contributed by atoms with van der Waals surface area (Å²) >= 11 is 1.48. The van der Waals surface area contributed by atoms with Gasteiger partial charge in [-0.15, -0.1) is 11.3 Å². The van der Waals surface area contributed by atoms with Crippen molar-refractivity contribution in [1.29, 1.82) is 0 Å². The zero-order valence-electron chi connectivity index (χ0n) is 14.4. The number of benzene rings is 2. The topological polar surface area (TPSA) is 68.3 Å². The summed E-state index contributed by atoms with van der Waals surface area (Å²) in [6, 6.07) is 8.99. The molecule has 0 aliphatic carbocycles. The van der Waals surface area contributed by atoms with Gasteiger partial charge in [-0.25, -0.2) is 17.8 Å². The average molecular weight is 392 g/mol. The fourth-order valence-electron chi connectivity index (χ4n) is 2.41. The van der Waals surface area contributed by atoms with Crippen molar-refractivity contribution in [2.24, 2.45) is 0 Å². The van der Waals surface area contributed by atoms with Gasteiger partial charge in [0.2, 0.25) is 0 Å². The van der Waals surface area contributed by atoms with Gasteiger partial charge >= 0.3 is 0 Å². The van der Waals surface area contributed by atoms with E-state index in [-0.39, 0.29) is 16.3 Å². The Hall–Kier alpha value is -2.45. The lowest BCUT2D eigenvalue weighted by molar-refractivity contribution is 0.403. The molecule has 2 aromatic carbocycles. The van der Waals surface area contributed by atoms with Gasteiger partial charge in [0.15, 0.2) is 0 Å². The maximum atomic E-state index is 13.7. The standard InChI is InChI=1S/C18H17FN2O3S2/c1-11-4-6-14(9-15(11)19)21-26(22,23)18-8-13(5-7-17(18)24-3)16-10-25-12(2)20-16/h4-10,21H,1-3H3. The molecular weight excluding hydrogens is 375 g/mol. The molecule has 1 N–H and O–H groups in total. The molecule has 3 aromatic rings. The molecule has 0 spiro atoms. The SMILES string of the molecule is COc1ccc(-c2csc(C)n2)cc1S(=O)(=O)Nc1ccc(C)c(F)c1. The van der Waals surface area contributed by atoms with Crippen LogP contribution >= 0.6 is 11.3 Å². The zero-order valence-corrected chi connectivity index (χ0v) is 16.0. The molecule has 0 amide bonds. The van der Waals surface area contributed by atoms with Crippen molar-refractivity contribution in [1.82, 2.24) is 4.98 Å². The van der Waals surface area contributed by atoms with Crippen LogP contribution in [-0.4, -0.2) is 20.5 Å². The van der Waals surface area contributed by atoms with E-state index in [0.717, 1.165) is 11.1 Å². The third kappa shape index (κ3) is 3.71. The highest BCUT2D eigenvalue weighted by molar-refractivity contribution is 7.92. The van der Waals surface area contributed by atoms with Gasteiger partial charge in [0.1, 0.15) is 16.5 Å². The van der Waals surface area contributed by atoms with Crippen LogP contribution in [0.25, 0.3) is 11.3 Å². The molecule has 26 heavy (non-hydrogen) atoms. The highest BCUT2D eigenvalue weighted by Crippen LogP contribution is 2.31. The molecule has 0 fully saturated rings. The van der Waals surface area contributed by atoms with Gasteiger partial charge in [-0.1, -0.05) is 6.07 Å². The van der Waals surface area contributed by atoms with Crippen molar-refractivity contribution in [3.8, 4) is 17.0 Å². The Balaban J connectivity index is 2.03. The summed E-state index contributed by atoms with van der Waals surface area (Å²) in [6.07, 6.45) is 0. The van der Waals surface area contributed by atoms with Crippen LogP contribution < -0.4 is 9.46 Å². The highest BCUT2D eigenvalue weighted by atomic mass is 32.2. The van der Waals surface area contributed by atoms with Crippen LogP contribution in [0.5, 0.6) is 5.75 Å². The number of hydrogen-bond donors (Lipinski definition) is 1. The molecule has 0 unspecified atom stereocenters. The lowest BCUT2D eigenvalue weighted by atomic mass is 10.2. The van der Waals surface area contributed by atoms with E-state index in [4.69, 9.17) is 4.74 Å². The number of thiazole rings is 1. The smallest absolute Gasteiger partial charge is 0.265 e. The van der Waals surface area contributed by atoms with Crippen molar-refractivity contribution in [3.05, 3.63) is 58.2 Å². The Labute approximate surface area is 155 Å². The van der Waals surface area contributed by atoms with Crippen molar-refractivity contribution in [2.75, 3.05) is 11.8 Å². The molecule has 3 rings (SSSR count). The minimum atomic E-state index is -3.98. The molecule has 1 heterocycles. The molecule has 0 saturated heterocycles. The molecule has 0 saturated carbocycles. The Morgan fingerprint density at radius 3 is 2.54 bits per heavy atom. The first-order valence-corrected chi connectivity index (χ1v) is 10.1. The summed E-state index contributed by atoms with van der Waals surface area (Å²) in [7, 11) is -2.58. The van der Waals surface area contributed by atoms with Crippen LogP contribution in [-0.2, 0) is 10.0 Å². The van der Waals surface area contributed by atoms with Crippen molar-refractivity contribution >= 4 is 27.0 Å². The van der Waals surface area contributed by atoms with E-state index < -0.39 is 15.8 Å². The van der Waals surface area contributed by atoms with Crippen LogP contribution in [0.1, 0.15) is 10.6 Å². The Morgan fingerprint density at radius 1 is 1.15 bits per heavy atom. The summed E-state index contributed by atoms with van der Waals surface area (Å²) in [5.41, 5.74) is 1.93. The minimum Gasteiger partial charge on any atom is -0.495 e. The minimum absolute atomic E-state index is 0.0378. The monoisotopic (exact) mass is 392 g/mol.